The van der Waals surface area contributed by atoms with Crippen LogP contribution in [0.2, 0.25) is 0 Å². The van der Waals surface area contributed by atoms with Gasteiger partial charge in [-0.3, -0.25) is 0 Å². The van der Waals surface area contributed by atoms with Crippen LogP contribution < -0.4 is 5.32 Å². The summed E-state index contributed by atoms with van der Waals surface area (Å²) in [6.45, 7) is 0.857. The standard InChI is InChI=1S/C8H9FN2.ClH/c9-8-7-6(3-5-11-8)2-1-4-10-7;/h3,5,10H,1-2,4H2;1H. The van der Waals surface area contributed by atoms with E-state index < -0.39 is 0 Å². The van der Waals surface area contributed by atoms with E-state index in [1.807, 2.05) is 6.07 Å². The molecule has 66 valence electrons. The number of nitrogens with one attached hydrogen (secondary N) is 1. The molecule has 0 saturated heterocycles. The number of aromatic nitrogens is 1. The SMILES string of the molecule is Cl.Fc1nccc2c1NCCC2. The van der Waals surface area contributed by atoms with Crippen LogP contribution in [0.4, 0.5) is 10.1 Å². The zero-order chi connectivity index (χ0) is 7.68. The molecule has 0 aromatic carbocycles. The molecule has 0 amide bonds. The van der Waals surface area contributed by atoms with E-state index in [0.29, 0.717) is 5.69 Å². The summed E-state index contributed by atoms with van der Waals surface area (Å²) in [6.07, 6.45) is 3.55. The molecular formula is C8H10ClFN2. The summed E-state index contributed by atoms with van der Waals surface area (Å²) in [5.74, 6) is -0.373. The zero-order valence-electron chi connectivity index (χ0n) is 6.51. The van der Waals surface area contributed by atoms with Gasteiger partial charge in [0.2, 0.25) is 5.95 Å². The molecule has 1 aliphatic rings. The Kier molecular flexibility index (Phi) is 2.87. The molecule has 0 bridgehead atoms. The Morgan fingerprint density at radius 1 is 1.50 bits per heavy atom. The van der Waals surface area contributed by atoms with Crippen LogP contribution in [0.3, 0.4) is 0 Å². The van der Waals surface area contributed by atoms with Gasteiger partial charge in [0.15, 0.2) is 0 Å². The van der Waals surface area contributed by atoms with Crippen LogP contribution >= 0.6 is 12.4 Å². The maximum Gasteiger partial charge on any atom is 0.236 e. The number of anilines is 1. The van der Waals surface area contributed by atoms with Crippen molar-refractivity contribution in [2.75, 3.05) is 11.9 Å². The molecule has 2 heterocycles. The highest BCUT2D eigenvalue weighted by atomic mass is 35.5. The minimum Gasteiger partial charge on any atom is -0.381 e. The Morgan fingerprint density at radius 2 is 2.33 bits per heavy atom. The lowest BCUT2D eigenvalue weighted by Gasteiger charge is -2.16. The minimum atomic E-state index is -0.373. The molecule has 0 atom stereocenters. The van der Waals surface area contributed by atoms with E-state index in [0.717, 1.165) is 24.9 Å². The van der Waals surface area contributed by atoms with Gasteiger partial charge in [-0.1, -0.05) is 0 Å². The lowest BCUT2D eigenvalue weighted by atomic mass is 10.1. The van der Waals surface area contributed by atoms with E-state index in [2.05, 4.69) is 10.3 Å². The number of nitrogens with zero attached hydrogens (tertiary/aromatic N) is 1. The molecule has 2 rings (SSSR count). The number of hydrogen-bond acceptors (Lipinski definition) is 2. The fourth-order valence-electron chi connectivity index (χ4n) is 1.36. The van der Waals surface area contributed by atoms with E-state index in [1.165, 1.54) is 6.20 Å². The normalized spacial score (nSPS) is 14.1. The maximum absolute atomic E-state index is 12.9. The zero-order valence-corrected chi connectivity index (χ0v) is 7.33. The summed E-state index contributed by atoms with van der Waals surface area (Å²) < 4.78 is 12.9. The van der Waals surface area contributed by atoms with Crippen LogP contribution in [0.25, 0.3) is 0 Å². The molecule has 1 aromatic heterocycles. The maximum atomic E-state index is 12.9. The highest BCUT2D eigenvalue weighted by Gasteiger charge is 2.12. The predicted molar refractivity (Wildman–Crippen MR) is 48.3 cm³/mol. The van der Waals surface area contributed by atoms with Crippen LogP contribution in [0.5, 0.6) is 0 Å². The van der Waals surface area contributed by atoms with Crippen molar-refractivity contribution in [3.05, 3.63) is 23.8 Å². The fourth-order valence-corrected chi connectivity index (χ4v) is 1.36. The number of hydrogen-bond donors (Lipinski definition) is 1. The molecule has 0 radical (unpaired) electrons. The summed E-state index contributed by atoms with van der Waals surface area (Å²) in [5.41, 5.74) is 1.64. The third kappa shape index (κ3) is 1.50. The van der Waals surface area contributed by atoms with Crippen molar-refractivity contribution < 1.29 is 4.39 Å². The number of fused-ring (bicyclic) bond motifs is 1. The van der Waals surface area contributed by atoms with Gasteiger partial charge in [-0.2, -0.15) is 4.39 Å². The highest BCUT2D eigenvalue weighted by molar-refractivity contribution is 5.85. The average molecular weight is 189 g/mol. The second-order valence-electron chi connectivity index (χ2n) is 2.67. The average Bonchev–Trinajstić information content (AvgIpc) is 2.06. The van der Waals surface area contributed by atoms with Crippen LogP contribution in [0.15, 0.2) is 12.3 Å². The Bertz CT molecular complexity index is 278. The monoisotopic (exact) mass is 188 g/mol. The Balaban J connectivity index is 0.000000720. The van der Waals surface area contributed by atoms with Gasteiger partial charge in [-0.05, 0) is 24.5 Å². The van der Waals surface area contributed by atoms with Crippen molar-refractivity contribution in [2.24, 2.45) is 0 Å². The quantitative estimate of drug-likeness (QED) is 0.630. The molecule has 4 heteroatoms. The first-order chi connectivity index (χ1) is 5.38. The summed E-state index contributed by atoms with van der Waals surface area (Å²) in [6, 6.07) is 1.87. The van der Waals surface area contributed by atoms with Crippen molar-refractivity contribution in [1.82, 2.24) is 4.98 Å². The van der Waals surface area contributed by atoms with Gasteiger partial charge < -0.3 is 5.32 Å². The first kappa shape index (κ1) is 9.26. The number of halogens is 2. The van der Waals surface area contributed by atoms with Crippen LogP contribution in [0.1, 0.15) is 12.0 Å². The van der Waals surface area contributed by atoms with Crippen LogP contribution in [-0.4, -0.2) is 11.5 Å². The van der Waals surface area contributed by atoms with E-state index in [-0.39, 0.29) is 18.4 Å². The van der Waals surface area contributed by atoms with Crippen molar-refractivity contribution in [1.29, 1.82) is 0 Å². The van der Waals surface area contributed by atoms with E-state index in [9.17, 15) is 4.39 Å². The highest BCUT2D eigenvalue weighted by Crippen LogP contribution is 2.22. The second kappa shape index (κ2) is 3.72. The molecule has 0 saturated carbocycles. The van der Waals surface area contributed by atoms with Gasteiger partial charge in [0.1, 0.15) is 0 Å². The van der Waals surface area contributed by atoms with E-state index in [1.54, 1.807) is 0 Å². The summed E-state index contributed by atoms with van der Waals surface area (Å²) in [4.78, 5) is 3.56. The second-order valence-corrected chi connectivity index (χ2v) is 2.67. The van der Waals surface area contributed by atoms with Crippen molar-refractivity contribution in [2.45, 2.75) is 12.8 Å². The Labute approximate surface area is 76.6 Å². The smallest absolute Gasteiger partial charge is 0.236 e. The van der Waals surface area contributed by atoms with Gasteiger partial charge in [0.25, 0.3) is 0 Å². The molecular weight excluding hydrogens is 179 g/mol. The van der Waals surface area contributed by atoms with Crippen molar-refractivity contribution in [3.8, 4) is 0 Å². The van der Waals surface area contributed by atoms with E-state index >= 15 is 0 Å². The van der Waals surface area contributed by atoms with Crippen molar-refractivity contribution >= 4 is 18.1 Å². The molecule has 0 unspecified atom stereocenters. The third-order valence-electron chi connectivity index (χ3n) is 1.92. The van der Waals surface area contributed by atoms with Crippen LogP contribution in [-0.2, 0) is 6.42 Å². The number of rotatable bonds is 0. The first-order valence-electron chi connectivity index (χ1n) is 3.75. The van der Waals surface area contributed by atoms with Gasteiger partial charge >= 0.3 is 0 Å². The molecule has 1 aliphatic heterocycles. The largest absolute Gasteiger partial charge is 0.381 e. The fraction of sp³-hybridized carbons (Fsp3) is 0.375. The number of pyridine rings is 1. The Hall–Kier alpha value is -0.830. The lowest BCUT2D eigenvalue weighted by Crippen LogP contribution is -2.13. The molecule has 0 fully saturated rings. The van der Waals surface area contributed by atoms with Gasteiger partial charge in [-0.15, -0.1) is 12.4 Å². The van der Waals surface area contributed by atoms with Gasteiger partial charge in [-0.25, -0.2) is 4.98 Å². The predicted octanol–water partition coefficient (Wildman–Crippen LogP) is 2.00. The molecule has 2 nitrogen and oxygen atoms in total. The minimum absolute atomic E-state index is 0. The summed E-state index contributed by atoms with van der Waals surface area (Å²) >= 11 is 0. The molecule has 1 N–H and O–H groups in total. The van der Waals surface area contributed by atoms with Gasteiger partial charge in [0.05, 0.1) is 5.69 Å². The summed E-state index contributed by atoms with van der Waals surface area (Å²) in [7, 11) is 0. The topological polar surface area (TPSA) is 24.9 Å². The first-order valence-corrected chi connectivity index (χ1v) is 3.75. The molecule has 0 spiro atoms. The van der Waals surface area contributed by atoms with Crippen LogP contribution in [0, 0.1) is 5.95 Å². The van der Waals surface area contributed by atoms with E-state index in [4.69, 9.17) is 0 Å². The Morgan fingerprint density at radius 3 is 3.08 bits per heavy atom. The van der Waals surface area contributed by atoms with Crippen molar-refractivity contribution in [3.63, 3.8) is 0 Å². The van der Waals surface area contributed by atoms with Gasteiger partial charge in [0, 0.05) is 12.7 Å². The number of aryl methyl sites for hydroxylation is 1. The third-order valence-corrected chi connectivity index (χ3v) is 1.92. The molecule has 0 aliphatic carbocycles. The molecule has 12 heavy (non-hydrogen) atoms. The lowest BCUT2D eigenvalue weighted by molar-refractivity contribution is 0.580. The molecule has 1 aromatic rings. The summed E-state index contributed by atoms with van der Waals surface area (Å²) in [5, 5.41) is 2.99.